The number of hydrogen-bond acceptors (Lipinski definition) is 2. The van der Waals surface area contributed by atoms with Crippen molar-refractivity contribution in [2.45, 2.75) is 18.4 Å². The number of rotatable bonds is 4. The molecule has 2 aromatic carbocycles. The highest BCUT2D eigenvalue weighted by Gasteiger charge is 2.31. The minimum atomic E-state index is -3.05. The Balaban J connectivity index is 1.67. The highest BCUT2D eigenvalue weighted by atomic mass is 19.3. The molecule has 1 aliphatic heterocycles. The molecule has 0 aliphatic carbocycles. The number of nitrogens with zero attached hydrogens (tertiary/aromatic N) is 1. The Bertz CT molecular complexity index is 719. The highest BCUT2D eigenvalue weighted by Crippen LogP contribution is 2.31. The van der Waals surface area contributed by atoms with Crippen molar-refractivity contribution in [1.82, 2.24) is 5.32 Å². The molecule has 0 bridgehead atoms. The standard InChI is InChI=1S/C18H19F2N3O/c19-18(20,13-6-2-1-3-7-13)12-22-17(21)23-15-10-11-24-16-9-5-4-8-14(15)16/h1-9,15H,10-12H2,(H3,21,22,23). The van der Waals surface area contributed by atoms with Gasteiger partial charge in [-0.1, -0.05) is 48.5 Å². The maximum absolute atomic E-state index is 14.1. The molecule has 1 atom stereocenters. The maximum Gasteiger partial charge on any atom is 0.292 e. The molecule has 1 heterocycles. The molecule has 4 nitrogen and oxygen atoms in total. The molecule has 0 spiro atoms. The zero-order chi connectivity index (χ0) is 17.0. The molecule has 0 saturated carbocycles. The molecule has 0 aromatic heterocycles. The number of hydrogen-bond donors (Lipinski definition) is 2. The van der Waals surface area contributed by atoms with Crippen LogP contribution in [0.15, 0.2) is 59.6 Å². The fourth-order valence-corrected chi connectivity index (χ4v) is 2.67. The molecule has 3 N–H and O–H groups in total. The van der Waals surface area contributed by atoms with E-state index in [0.717, 1.165) is 11.3 Å². The van der Waals surface area contributed by atoms with E-state index in [4.69, 9.17) is 10.5 Å². The van der Waals surface area contributed by atoms with Crippen molar-refractivity contribution in [2.75, 3.05) is 13.2 Å². The molecule has 24 heavy (non-hydrogen) atoms. The van der Waals surface area contributed by atoms with E-state index in [2.05, 4.69) is 10.3 Å². The van der Waals surface area contributed by atoms with Crippen LogP contribution >= 0.6 is 0 Å². The van der Waals surface area contributed by atoms with E-state index in [0.29, 0.717) is 13.0 Å². The smallest absolute Gasteiger partial charge is 0.292 e. The van der Waals surface area contributed by atoms with Gasteiger partial charge in [0, 0.05) is 17.5 Å². The summed E-state index contributed by atoms with van der Waals surface area (Å²) >= 11 is 0. The van der Waals surface area contributed by atoms with Gasteiger partial charge in [-0.05, 0) is 6.07 Å². The first-order valence-corrected chi connectivity index (χ1v) is 7.78. The van der Waals surface area contributed by atoms with Crippen LogP contribution < -0.4 is 15.8 Å². The Hall–Kier alpha value is -2.63. The summed E-state index contributed by atoms with van der Waals surface area (Å²) in [7, 11) is 0. The number of para-hydroxylation sites is 1. The Kier molecular flexibility index (Phi) is 4.64. The highest BCUT2D eigenvalue weighted by molar-refractivity contribution is 5.78. The van der Waals surface area contributed by atoms with E-state index in [1.165, 1.54) is 12.1 Å². The number of benzene rings is 2. The van der Waals surface area contributed by atoms with Crippen LogP contribution in [0.4, 0.5) is 8.78 Å². The minimum absolute atomic E-state index is 0.00677. The van der Waals surface area contributed by atoms with Crippen LogP contribution in [0, 0.1) is 0 Å². The van der Waals surface area contributed by atoms with Crippen molar-refractivity contribution in [3.8, 4) is 5.75 Å². The van der Waals surface area contributed by atoms with Gasteiger partial charge in [0.15, 0.2) is 5.96 Å². The number of ether oxygens (including phenoxy) is 1. The number of aliphatic imine (C=N–C) groups is 1. The first kappa shape index (κ1) is 16.2. The van der Waals surface area contributed by atoms with Crippen molar-refractivity contribution in [3.63, 3.8) is 0 Å². The lowest BCUT2D eigenvalue weighted by molar-refractivity contribution is 0.00642. The quantitative estimate of drug-likeness (QED) is 0.668. The summed E-state index contributed by atoms with van der Waals surface area (Å²) in [5.41, 5.74) is 6.70. The molecule has 1 unspecified atom stereocenters. The van der Waals surface area contributed by atoms with Crippen molar-refractivity contribution >= 4 is 5.96 Å². The molecular formula is C18H19F2N3O. The average Bonchev–Trinajstić information content (AvgIpc) is 2.61. The summed E-state index contributed by atoms with van der Waals surface area (Å²) in [4.78, 5) is 3.83. The summed E-state index contributed by atoms with van der Waals surface area (Å²) in [6.45, 7) is -0.150. The van der Waals surface area contributed by atoms with E-state index in [9.17, 15) is 8.78 Å². The lowest BCUT2D eigenvalue weighted by atomic mass is 10.0. The van der Waals surface area contributed by atoms with Crippen LogP contribution in [0.1, 0.15) is 23.6 Å². The third-order valence-corrected chi connectivity index (χ3v) is 3.92. The largest absolute Gasteiger partial charge is 0.493 e. The van der Waals surface area contributed by atoms with Gasteiger partial charge in [0.05, 0.1) is 12.6 Å². The summed E-state index contributed by atoms with van der Waals surface area (Å²) in [6.07, 6.45) is 0.697. The van der Waals surface area contributed by atoms with Crippen LogP contribution in [0.25, 0.3) is 0 Å². The van der Waals surface area contributed by atoms with Crippen LogP contribution in [0.3, 0.4) is 0 Å². The summed E-state index contributed by atoms with van der Waals surface area (Å²) in [5.74, 6) is -2.27. The minimum Gasteiger partial charge on any atom is -0.493 e. The summed E-state index contributed by atoms with van der Waals surface area (Å²) < 4.78 is 33.8. The lowest BCUT2D eigenvalue weighted by Crippen LogP contribution is -2.38. The zero-order valence-electron chi connectivity index (χ0n) is 13.1. The Morgan fingerprint density at radius 1 is 1.17 bits per heavy atom. The van der Waals surface area contributed by atoms with Crippen molar-refractivity contribution in [1.29, 1.82) is 0 Å². The number of halogens is 2. The molecule has 1 aliphatic rings. The van der Waals surface area contributed by atoms with Gasteiger partial charge < -0.3 is 15.8 Å². The van der Waals surface area contributed by atoms with Crippen molar-refractivity contribution in [3.05, 3.63) is 65.7 Å². The molecule has 0 saturated heterocycles. The predicted octanol–water partition coefficient (Wildman–Crippen LogP) is 3.21. The molecule has 0 amide bonds. The molecule has 3 rings (SSSR count). The van der Waals surface area contributed by atoms with Crippen LogP contribution in [0.2, 0.25) is 0 Å². The first-order valence-electron chi connectivity index (χ1n) is 7.78. The van der Waals surface area contributed by atoms with E-state index >= 15 is 0 Å². The van der Waals surface area contributed by atoms with E-state index in [1.807, 2.05) is 24.3 Å². The van der Waals surface area contributed by atoms with E-state index in [1.54, 1.807) is 18.2 Å². The Labute approximate surface area is 139 Å². The van der Waals surface area contributed by atoms with Gasteiger partial charge in [0.2, 0.25) is 0 Å². The van der Waals surface area contributed by atoms with Gasteiger partial charge >= 0.3 is 0 Å². The number of alkyl halides is 2. The fraction of sp³-hybridized carbons (Fsp3) is 0.278. The maximum atomic E-state index is 14.1. The van der Waals surface area contributed by atoms with Crippen LogP contribution in [-0.4, -0.2) is 19.1 Å². The first-order chi connectivity index (χ1) is 11.6. The van der Waals surface area contributed by atoms with E-state index < -0.39 is 12.5 Å². The lowest BCUT2D eigenvalue weighted by Gasteiger charge is -2.27. The average molecular weight is 331 g/mol. The van der Waals surface area contributed by atoms with Gasteiger partial charge in [-0.2, -0.15) is 8.78 Å². The number of guanidine groups is 1. The normalized spacial score (nSPS) is 17.8. The summed E-state index contributed by atoms with van der Waals surface area (Å²) in [5, 5.41) is 3.01. The number of fused-ring (bicyclic) bond motifs is 1. The van der Waals surface area contributed by atoms with Crippen molar-refractivity contribution < 1.29 is 13.5 Å². The second-order valence-electron chi connectivity index (χ2n) is 5.64. The molecule has 0 radical (unpaired) electrons. The molecule has 0 fully saturated rings. The van der Waals surface area contributed by atoms with E-state index in [-0.39, 0.29) is 17.6 Å². The molecule has 2 aromatic rings. The Morgan fingerprint density at radius 2 is 1.88 bits per heavy atom. The molecule has 6 heteroatoms. The van der Waals surface area contributed by atoms with Crippen LogP contribution in [-0.2, 0) is 5.92 Å². The van der Waals surface area contributed by atoms with Crippen molar-refractivity contribution in [2.24, 2.45) is 10.7 Å². The molecular weight excluding hydrogens is 312 g/mol. The summed E-state index contributed by atoms with van der Waals surface area (Å²) in [6, 6.07) is 15.1. The van der Waals surface area contributed by atoms with Gasteiger partial charge in [-0.25, -0.2) is 4.99 Å². The van der Waals surface area contributed by atoms with Gasteiger partial charge in [-0.15, -0.1) is 0 Å². The van der Waals surface area contributed by atoms with Gasteiger partial charge in [0.25, 0.3) is 5.92 Å². The number of nitrogens with one attached hydrogen (secondary N) is 1. The van der Waals surface area contributed by atoms with Gasteiger partial charge in [0.1, 0.15) is 12.3 Å². The topological polar surface area (TPSA) is 59.6 Å². The number of nitrogens with two attached hydrogens (primary N) is 1. The fourth-order valence-electron chi connectivity index (χ4n) is 2.67. The third-order valence-electron chi connectivity index (χ3n) is 3.92. The van der Waals surface area contributed by atoms with Crippen LogP contribution in [0.5, 0.6) is 5.75 Å². The monoisotopic (exact) mass is 331 g/mol. The zero-order valence-corrected chi connectivity index (χ0v) is 13.1. The Morgan fingerprint density at radius 3 is 2.67 bits per heavy atom. The predicted molar refractivity (Wildman–Crippen MR) is 89.3 cm³/mol. The third kappa shape index (κ3) is 3.64. The van der Waals surface area contributed by atoms with Gasteiger partial charge in [-0.3, -0.25) is 0 Å². The second-order valence-corrected chi connectivity index (χ2v) is 5.64. The SMILES string of the molecule is NC(=NCC(F)(F)c1ccccc1)NC1CCOc2ccccc21. The molecule has 126 valence electrons. The second kappa shape index (κ2) is 6.86.